The molecular formula is C46H31N3S. The van der Waals surface area contributed by atoms with Crippen molar-refractivity contribution in [2.24, 2.45) is 9.98 Å². The van der Waals surface area contributed by atoms with Crippen LogP contribution in [0, 0.1) is 0 Å². The Morgan fingerprint density at radius 1 is 0.460 bits per heavy atom. The average Bonchev–Trinajstić information content (AvgIpc) is 3.58. The fraction of sp³-hybridized carbons (Fsp3) is 0.0435. The van der Waals surface area contributed by atoms with Gasteiger partial charge in [-0.25, -0.2) is 9.98 Å². The highest BCUT2D eigenvalue weighted by atomic mass is 32.1. The van der Waals surface area contributed by atoms with Crippen molar-refractivity contribution in [3.05, 3.63) is 180 Å². The van der Waals surface area contributed by atoms with Gasteiger partial charge in [0.1, 0.15) is 5.84 Å². The van der Waals surface area contributed by atoms with Gasteiger partial charge in [-0.1, -0.05) is 158 Å². The largest absolute Gasteiger partial charge is 0.333 e. The number of thiophene rings is 1. The molecule has 1 atom stereocenters. The maximum atomic E-state index is 5.33. The molecule has 0 amide bonds. The van der Waals surface area contributed by atoms with E-state index in [1.54, 1.807) is 0 Å². The van der Waals surface area contributed by atoms with Crippen molar-refractivity contribution in [2.45, 2.75) is 6.17 Å². The molecule has 8 aromatic carbocycles. The standard InChI is InChI=1S/C46H31N3S/c1-49-45(30-16-6-3-7-17-30)47-44(29-14-4-2-5-15-29)48-46(49)40-25-13-24-39-38-23-12-22-32(42(38)50-43(39)40)31-26-27-37-35-20-9-8-18-33(35)34-19-10-11-21-36(34)41(37)28-31/h2-28,46H,1H3. The summed E-state index contributed by atoms with van der Waals surface area (Å²) in [6, 6.07) is 58.8. The molecular weight excluding hydrogens is 627 g/mol. The summed E-state index contributed by atoms with van der Waals surface area (Å²) >= 11 is 1.88. The Morgan fingerprint density at radius 3 is 1.68 bits per heavy atom. The van der Waals surface area contributed by atoms with Crippen molar-refractivity contribution >= 4 is 75.5 Å². The highest BCUT2D eigenvalue weighted by Crippen LogP contribution is 2.45. The monoisotopic (exact) mass is 657 g/mol. The van der Waals surface area contributed by atoms with Gasteiger partial charge in [0.15, 0.2) is 12.0 Å². The van der Waals surface area contributed by atoms with E-state index in [1.165, 1.54) is 69.2 Å². The fourth-order valence-corrected chi connectivity index (χ4v) is 9.10. The van der Waals surface area contributed by atoms with E-state index in [2.05, 4.69) is 164 Å². The summed E-state index contributed by atoms with van der Waals surface area (Å²) in [5.74, 6) is 1.67. The minimum Gasteiger partial charge on any atom is -0.333 e. The molecule has 50 heavy (non-hydrogen) atoms. The number of aliphatic imine (C=N–C) groups is 2. The van der Waals surface area contributed by atoms with Crippen LogP contribution in [0.25, 0.3) is 63.6 Å². The van der Waals surface area contributed by atoms with E-state index >= 15 is 0 Å². The van der Waals surface area contributed by atoms with Crippen molar-refractivity contribution in [3.63, 3.8) is 0 Å². The molecule has 9 aromatic rings. The zero-order chi connectivity index (χ0) is 33.2. The molecule has 0 saturated carbocycles. The van der Waals surface area contributed by atoms with Crippen molar-refractivity contribution in [1.82, 2.24) is 4.90 Å². The van der Waals surface area contributed by atoms with Crippen molar-refractivity contribution in [1.29, 1.82) is 0 Å². The Hall–Kier alpha value is -6.10. The first-order valence-corrected chi connectivity index (χ1v) is 17.8. The lowest BCUT2D eigenvalue weighted by atomic mass is 9.92. The molecule has 4 heteroatoms. The van der Waals surface area contributed by atoms with Crippen molar-refractivity contribution < 1.29 is 0 Å². The minimum atomic E-state index is -0.238. The first kappa shape index (κ1) is 28.9. The number of hydrogen-bond donors (Lipinski definition) is 0. The predicted octanol–water partition coefficient (Wildman–Crippen LogP) is 12.0. The maximum Gasteiger partial charge on any atom is 0.159 e. The summed E-state index contributed by atoms with van der Waals surface area (Å²) in [5, 5.41) is 10.3. The lowest BCUT2D eigenvalue weighted by Gasteiger charge is -2.32. The fourth-order valence-electron chi connectivity index (χ4n) is 7.73. The van der Waals surface area contributed by atoms with E-state index in [1.807, 2.05) is 23.5 Å². The molecule has 1 aromatic heterocycles. The molecule has 0 spiro atoms. The van der Waals surface area contributed by atoms with Crippen LogP contribution in [0.1, 0.15) is 22.9 Å². The van der Waals surface area contributed by atoms with Gasteiger partial charge >= 0.3 is 0 Å². The van der Waals surface area contributed by atoms with Gasteiger partial charge in [-0.3, -0.25) is 0 Å². The first-order chi connectivity index (χ1) is 24.7. The molecule has 0 N–H and O–H groups in total. The molecule has 0 radical (unpaired) electrons. The van der Waals surface area contributed by atoms with Crippen LogP contribution < -0.4 is 0 Å². The maximum absolute atomic E-state index is 5.33. The van der Waals surface area contributed by atoms with Gasteiger partial charge in [0.05, 0.1) is 0 Å². The molecule has 236 valence electrons. The van der Waals surface area contributed by atoms with Crippen LogP contribution in [0.4, 0.5) is 0 Å². The van der Waals surface area contributed by atoms with Gasteiger partial charge in [-0.15, -0.1) is 11.3 Å². The number of fused-ring (bicyclic) bond motifs is 9. The smallest absolute Gasteiger partial charge is 0.159 e. The molecule has 2 heterocycles. The lowest BCUT2D eigenvalue weighted by Crippen LogP contribution is -2.35. The van der Waals surface area contributed by atoms with Gasteiger partial charge in [-0.05, 0) is 49.5 Å². The van der Waals surface area contributed by atoms with Crippen LogP contribution in [-0.2, 0) is 0 Å². The highest BCUT2D eigenvalue weighted by Gasteiger charge is 2.29. The number of benzene rings is 8. The van der Waals surface area contributed by atoms with E-state index < -0.39 is 0 Å². The average molecular weight is 658 g/mol. The van der Waals surface area contributed by atoms with Gasteiger partial charge in [0.25, 0.3) is 0 Å². The van der Waals surface area contributed by atoms with Gasteiger partial charge in [0, 0.05) is 43.9 Å². The predicted molar refractivity (Wildman–Crippen MR) is 214 cm³/mol. The zero-order valence-corrected chi connectivity index (χ0v) is 28.2. The summed E-state index contributed by atoms with van der Waals surface area (Å²) < 4.78 is 2.55. The molecule has 0 bridgehead atoms. The number of hydrogen-bond acceptors (Lipinski definition) is 4. The summed E-state index contributed by atoms with van der Waals surface area (Å²) in [5.41, 5.74) is 5.76. The third kappa shape index (κ3) is 4.49. The molecule has 1 aliphatic heterocycles. The molecule has 10 rings (SSSR count). The number of nitrogens with zero attached hydrogens (tertiary/aromatic N) is 3. The normalized spacial score (nSPS) is 14.9. The van der Waals surface area contributed by atoms with Gasteiger partial charge in [0.2, 0.25) is 0 Å². The molecule has 1 aliphatic rings. The zero-order valence-electron chi connectivity index (χ0n) is 27.4. The van der Waals surface area contributed by atoms with Gasteiger partial charge < -0.3 is 4.90 Å². The number of amidine groups is 2. The SMILES string of the molecule is CN1C(c2ccccc2)=NC(c2ccccc2)=NC1c1cccc2c1sc1c(-c3ccc4c5ccccc5c5ccccc5c4c3)cccc12. The summed E-state index contributed by atoms with van der Waals surface area (Å²) in [7, 11) is 2.11. The van der Waals surface area contributed by atoms with Gasteiger partial charge in [-0.2, -0.15) is 0 Å². The molecule has 0 saturated heterocycles. The van der Waals surface area contributed by atoms with E-state index in [0.717, 1.165) is 22.8 Å². The van der Waals surface area contributed by atoms with Crippen LogP contribution in [-0.4, -0.2) is 23.6 Å². The van der Waals surface area contributed by atoms with E-state index in [9.17, 15) is 0 Å². The second kappa shape index (κ2) is 11.5. The third-order valence-corrected chi connectivity index (χ3v) is 11.4. The molecule has 0 fully saturated rings. The molecule has 1 unspecified atom stereocenters. The Labute approximate surface area is 294 Å². The van der Waals surface area contributed by atoms with E-state index in [0.29, 0.717) is 0 Å². The minimum absolute atomic E-state index is 0.238. The Balaban J connectivity index is 1.17. The number of rotatable bonds is 4. The highest BCUT2D eigenvalue weighted by molar-refractivity contribution is 7.26. The topological polar surface area (TPSA) is 28.0 Å². The van der Waals surface area contributed by atoms with Crippen LogP contribution in [0.15, 0.2) is 174 Å². The Morgan fingerprint density at radius 2 is 1.00 bits per heavy atom. The van der Waals surface area contributed by atoms with E-state index in [-0.39, 0.29) is 6.17 Å². The van der Waals surface area contributed by atoms with Crippen LogP contribution >= 0.6 is 11.3 Å². The second-order valence-corrected chi connectivity index (χ2v) is 14.0. The van der Waals surface area contributed by atoms with E-state index in [4.69, 9.17) is 9.98 Å². The first-order valence-electron chi connectivity index (χ1n) is 17.0. The molecule has 0 aliphatic carbocycles. The quantitative estimate of drug-likeness (QED) is 0.173. The third-order valence-electron chi connectivity index (χ3n) is 10.1. The van der Waals surface area contributed by atoms with Crippen molar-refractivity contribution in [2.75, 3.05) is 7.05 Å². The lowest BCUT2D eigenvalue weighted by molar-refractivity contribution is 0.385. The molecule has 3 nitrogen and oxygen atoms in total. The van der Waals surface area contributed by atoms with Crippen LogP contribution in [0.2, 0.25) is 0 Å². The second-order valence-electron chi connectivity index (χ2n) is 13.0. The summed E-state index contributed by atoms with van der Waals surface area (Å²) in [6.45, 7) is 0. The Bertz CT molecular complexity index is 2800. The van der Waals surface area contributed by atoms with Crippen LogP contribution in [0.3, 0.4) is 0 Å². The van der Waals surface area contributed by atoms with Crippen LogP contribution in [0.5, 0.6) is 0 Å². The Kier molecular flexibility index (Phi) is 6.64. The van der Waals surface area contributed by atoms with Crippen molar-refractivity contribution in [3.8, 4) is 11.1 Å². The summed E-state index contributed by atoms with van der Waals surface area (Å²) in [6.07, 6.45) is -0.238. The summed E-state index contributed by atoms with van der Waals surface area (Å²) in [4.78, 5) is 12.7.